The van der Waals surface area contributed by atoms with E-state index in [4.69, 9.17) is 11.6 Å². The van der Waals surface area contributed by atoms with Crippen LogP contribution in [0.15, 0.2) is 71.3 Å². The van der Waals surface area contributed by atoms with Gasteiger partial charge in [-0.05, 0) is 48.9 Å². The monoisotopic (exact) mass is 399 g/mol. The highest BCUT2D eigenvalue weighted by molar-refractivity contribution is 6.31. The molecule has 0 bridgehead atoms. The predicted octanol–water partition coefficient (Wildman–Crippen LogP) is 3.13. The molecule has 3 heterocycles. The Kier molecular flexibility index (Phi) is 4.92. The van der Waals surface area contributed by atoms with Gasteiger partial charge in [0.25, 0.3) is 5.91 Å². The molecule has 28 heavy (non-hydrogen) atoms. The van der Waals surface area contributed by atoms with Crippen molar-refractivity contribution < 1.29 is 9.18 Å². The van der Waals surface area contributed by atoms with Crippen LogP contribution in [0.4, 0.5) is 4.39 Å². The number of amides is 1. The molecule has 1 unspecified atom stereocenters. The summed E-state index contributed by atoms with van der Waals surface area (Å²) in [7, 11) is 0. The van der Waals surface area contributed by atoms with E-state index in [2.05, 4.69) is 15.7 Å². The Morgan fingerprint density at radius 2 is 2.11 bits per heavy atom. The van der Waals surface area contributed by atoms with Crippen molar-refractivity contribution in [1.82, 2.24) is 25.3 Å². The summed E-state index contributed by atoms with van der Waals surface area (Å²) in [5.41, 5.74) is 2.91. The second-order valence-corrected chi connectivity index (χ2v) is 6.89. The number of hydrogen-bond acceptors (Lipinski definition) is 4. The molecule has 2 aromatic rings. The molecule has 0 aliphatic carbocycles. The van der Waals surface area contributed by atoms with E-state index in [0.717, 1.165) is 11.4 Å². The molecule has 8 heteroatoms. The molecule has 0 spiro atoms. The van der Waals surface area contributed by atoms with Gasteiger partial charge in [0.1, 0.15) is 17.7 Å². The Labute approximate surface area is 167 Å². The van der Waals surface area contributed by atoms with Crippen LogP contribution in [0.2, 0.25) is 0 Å². The van der Waals surface area contributed by atoms with Crippen molar-refractivity contribution in [2.75, 3.05) is 0 Å². The predicted molar refractivity (Wildman–Crippen MR) is 105 cm³/mol. The maximum atomic E-state index is 13.1. The van der Waals surface area contributed by atoms with E-state index >= 15 is 0 Å². The van der Waals surface area contributed by atoms with Crippen LogP contribution >= 0.6 is 11.6 Å². The normalized spacial score (nSPS) is 18.0. The molecule has 1 atom stereocenters. The molecule has 1 aromatic heterocycles. The van der Waals surface area contributed by atoms with Gasteiger partial charge in [-0.15, -0.1) is 0 Å². The van der Waals surface area contributed by atoms with Gasteiger partial charge in [0.05, 0.1) is 17.9 Å². The van der Waals surface area contributed by atoms with Crippen molar-refractivity contribution in [3.8, 4) is 5.69 Å². The number of benzene rings is 1. The van der Waals surface area contributed by atoms with Crippen molar-refractivity contribution in [3.63, 3.8) is 0 Å². The van der Waals surface area contributed by atoms with Crippen molar-refractivity contribution in [3.05, 3.63) is 82.8 Å². The van der Waals surface area contributed by atoms with Gasteiger partial charge >= 0.3 is 0 Å². The number of fused-ring (bicyclic) bond motifs is 1. The van der Waals surface area contributed by atoms with Gasteiger partial charge in [0.15, 0.2) is 0 Å². The summed E-state index contributed by atoms with van der Waals surface area (Å²) in [6, 6.07) is 7.88. The van der Waals surface area contributed by atoms with Gasteiger partial charge in [-0.1, -0.05) is 18.5 Å². The molecular formula is C20H19ClFN5O. The topological polar surface area (TPSA) is 62.2 Å². The molecule has 4 rings (SSSR count). The van der Waals surface area contributed by atoms with E-state index in [0.29, 0.717) is 22.8 Å². The first-order chi connectivity index (χ1) is 13.5. The third-order valence-electron chi connectivity index (χ3n) is 4.61. The molecule has 1 aromatic carbocycles. The second kappa shape index (κ2) is 7.52. The third-order valence-corrected chi connectivity index (χ3v) is 4.86. The van der Waals surface area contributed by atoms with E-state index in [9.17, 15) is 9.18 Å². The van der Waals surface area contributed by atoms with Crippen LogP contribution in [-0.2, 0) is 11.3 Å². The first kappa shape index (κ1) is 18.3. The van der Waals surface area contributed by atoms with Crippen LogP contribution in [0.25, 0.3) is 5.69 Å². The van der Waals surface area contributed by atoms with Gasteiger partial charge in [0, 0.05) is 23.1 Å². The van der Waals surface area contributed by atoms with E-state index in [-0.39, 0.29) is 24.4 Å². The molecule has 2 aliphatic heterocycles. The van der Waals surface area contributed by atoms with Crippen LogP contribution in [-0.4, -0.2) is 26.8 Å². The largest absolute Gasteiger partial charge is 0.363 e. The van der Waals surface area contributed by atoms with Crippen LogP contribution < -0.4 is 10.6 Å². The highest BCUT2D eigenvalue weighted by Gasteiger charge is 2.33. The molecule has 6 nitrogen and oxygen atoms in total. The standard InChI is InChI=1S/C20H19ClFN5O/c1-2-17-19(26-9-7-13(21)11-18(26)24-17)20(28)23-12-15-8-10-27(25-15)16-5-3-14(22)4-6-16/h3-11,18,24H,2,12H2,1H3,(H,23,28). The third kappa shape index (κ3) is 3.53. The lowest BCUT2D eigenvalue weighted by molar-refractivity contribution is -0.118. The summed E-state index contributed by atoms with van der Waals surface area (Å²) in [5.74, 6) is -0.478. The zero-order chi connectivity index (χ0) is 19.7. The first-order valence-electron chi connectivity index (χ1n) is 8.97. The maximum absolute atomic E-state index is 13.1. The zero-order valence-corrected chi connectivity index (χ0v) is 15.9. The minimum absolute atomic E-state index is 0.147. The lowest BCUT2D eigenvalue weighted by Crippen LogP contribution is -2.37. The Balaban J connectivity index is 1.44. The number of nitrogens with zero attached hydrogens (tertiary/aromatic N) is 3. The lowest BCUT2D eigenvalue weighted by Gasteiger charge is -2.25. The summed E-state index contributed by atoms with van der Waals surface area (Å²) in [5, 5.41) is 11.3. The molecule has 0 saturated heterocycles. The smallest absolute Gasteiger partial charge is 0.270 e. The van der Waals surface area contributed by atoms with Gasteiger partial charge in [-0.25, -0.2) is 9.07 Å². The van der Waals surface area contributed by atoms with Crippen molar-refractivity contribution in [1.29, 1.82) is 0 Å². The Morgan fingerprint density at radius 3 is 2.86 bits per heavy atom. The zero-order valence-electron chi connectivity index (χ0n) is 15.2. The number of allylic oxidation sites excluding steroid dienone is 3. The number of halogens is 2. The van der Waals surface area contributed by atoms with E-state index < -0.39 is 0 Å². The highest BCUT2D eigenvalue weighted by atomic mass is 35.5. The number of hydrogen-bond donors (Lipinski definition) is 2. The highest BCUT2D eigenvalue weighted by Crippen LogP contribution is 2.28. The SMILES string of the molecule is CCC1=C(C(=O)NCc2ccn(-c3ccc(F)cc3)n2)N2C=CC(Cl)=CC2N1. The van der Waals surface area contributed by atoms with Crippen molar-refractivity contribution in [2.45, 2.75) is 26.1 Å². The lowest BCUT2D eigenvalue weighted by atomic mass is 10.2. The van der Waals surface area contributed by atoms with Gasteiger partial charge in [-0.2, -0.15) is 5.10 Å². The summed E-state index contributed by atoms with van der Waals surface area (Å²) < 4.78 is 14.7. The fraction of sp³-hybridized carbons (Fsp3) is 0.200. The summed E-state index contributed by atoms with van der Waals surface area (Å²) in [4.78, 5) is 14.7. The first-order valence-corrected chi connectivity index (χ1v) is 9.35. The second-order valence-electron chi connectivity index (χ2n) is 6.46. The number of aromatic nitrogens is 2. The minimum atomic E-state index is -0.297. The fourth-order valence-electron chi connectivity index (χ4n) is 3.23. The summed E-state index contributed by atoms with van der Waals surface area (Å²) >= 11 is 6.06. The molecule has 1 amide bonds. The summed E-state index contributed by atoms with van der Waals surface area (Å²) in [6.45, 7) is 2.28. The van der Waals surface area contributed by atoms with Gasteiger partial charge in [-0.3, -0.25) is 4.79 Å². The van der Waals surface area contributed by atoms with Crippen LogP contribution in [0.1, 0.15) is 19.0 Å². The minimum Gasteiger partial charge on any atom is -0.363 e. The number of nitrogens with one attached hydrogen (secondary N) is 2. The Morgan fingerprint density at radius 1 is 1.32 bits per heavy atom. The maximum Gasteiger partial charge on any atom is 0.270 e. The van der Waals surface area contributed by atoms with Gasteiger partial charge in [0.2, 0.25) is 0 Å². The number of carbonyl (C=O) groups is 1. The quantitative estimate of drug-likeness (QED) is 0.811. The van der Waals surface area contributed by atoms with Crippen LogP contribution in [0.3, 0.4) is 0 Å². The molecule has 0 fully saturated rings. The van der Waals surface area contributed by atoms with Crippen molar-refractivity contribution >= 4 is 17.5 Å². The average molecular weight is 400 g/mol. The number of carbonyl (C=O) groups excluding carboxylic acids is 1. The van der Waals surface area contributed by atoms with E-state index in [1.807, 2.05) is 24.0 Å². The summed E-state index contributed by atoms with van der Waals surface area (Å²) in [6.07, 6.45) is 7.76. The number of rotatable bonds is 5. The fourth-order valence-corrected chi connectivity index (χ4v) is 3.41. The van der Waals surface area contributed by atoms with Crippen molar-refractivity contribution in [2.24, 2.45) is 0 Å². The molecule has 0 radical (unpaired) electrons. The molecule has 2 aliphatic rings. The molecule has 2 N–H and O–H groups in total. The molecule has 0 saturated carbocycles. The Hall–Kier alpha value is -3.06. The van der Waals surface area contributed by atoms with E-state index in [1.54, 1.807) is 35.3 Å². The van der Waals surface area contributed by atoms with Crippen LogP contribution in [0, 0.1) is 5.82 Å². The van der Waals surface area contributed by atoms with E-state index in [1.165, 1.54) is 12.1 Å². The molecule has 144 valence electrons. The molecular weight excluding hydrogens is 381 g/mol. The van der Waals surface area contributed by atoms with Crippen LogP contribution in [0.5, 0.6) is 0 Å². The van der Waals surface area contributed by atoms with Gasteiger partial charge < -0.3 is 15.5 Å². The average Bonchev–Trinajstić information content (AvgIpc) is 3.30. The Bertz CT molecular complexity index is 992.